The van der Waals surface area contributed by atoms with Crippen molar-refractivity contribution < 1.29 is 8.76 Å². The molecule has 4 nitrogen and oxygen atoms in total. The van der Waals surface area contributed by atoms with Crippen molar-refractivity contribution in [2.24, 2.45) is 0 Å². The van der Waals surface area contributed by atoms with Gasteiger partial charge in [0.2, 0.25) is 0 Å². The number of hydrogen-bond acceptors (Lipinski definition) is 4. The average Bonchev–Trinajstić information content (AvgIpc) is 2.29. The van der Waals surface area contributed by atoms with Crippen LogP contribution in [0.1, 0.15) is 20.3 Å². The summed E-state index contributed by atoms with van der Waals surface area (Å²) in [6, 6.07) is 0.722. The SMILES string of the molecule is CC(C)N1CCCNCC1.CS(=O)[O-]. The molecule has 14 heavy (non-hydrogen) atoms. The number of nitrogens with one attached hydrogen (secondary N) is 1. The van der Waals surface area contributed by atoms with Gasteiger partial charge in [-0.05, 0) is 39.6 Å². The molecular formula is C9H21N2O2S-. The highest BCUT2D eigenvalue weighted by Crippen LogP contribution is 2.00. The van der Waals surface area contributed by atoms with E-state index < -0.39 is 11.1 Å². The Bertz CT molecular complexity index is 153. The first-order chi connectivity index (χ1) is 6.54. The van der Waals surface area contributed by atoms with Crippen LogP contribution in [-0.2, 0) is 11.1 Å². The van der Waals surface area contributed by atoms with E-state index in [1.807, 2.05) is 0 Å². The molecule has 1 rings (SSSR count). The molecule has 0 aliphatic carbocycles. The fourth-order valence-electron chi connectivity index (χ4n) is 1.38. The Morgan fingerprint density at radius 1 is 1.36 bits per heavy atom. The first-order valence-corrected chi connectivity index (χ1v) is 6.48. The minimum atomic E-state index is -1.86. The van der Waals surface area contributed by atoms with E-state index in [-0.39, 0.29) is 0 Å². The molecule has 0 spiro atoms. The van der Waals surface area contributed by atoms with Gasteiger partial charge in [-0.3, -0.25) is 9.11 Å². The Hall–Kier alpha value is 0.0300. The third kappa shape index (κ3) is 8.62. The van der Waals surface area contributed by atoms with Crippen molar-refractivity contribution in [2.75, 3.05) is 32.4 Å². The number of rotatable bonds is 1. The zero-order chi connectivity index (χ0) is 11.0. The molecule has 5 heteroatoms. The van der Waals surface area contributed by atoms with Crippen LogP contribution in [-0.4, -0.2) is 52.1 Å². The lowest BCUT2D eigenvalue weighted by atomic mass is 10.3. The standard InChI is InChI=1S/C8H18N2.CH4O2S/c1-8(2)10-6-3-4-9-5-7-10;1-4(2)3/h8-9H,3-7H2,1-2H3;1H3,(H,2,3)/p-1. The van der Waals surface area contributed by atoms with Gasteiger partial charge in [0.15, 0.2) is 0 Å². The molecule has 0 saturated carbocycles. The Labute approximate surface area is 89.3 Å². The van der Waals surface area contributed by atoms with Crippen molar-refractivity contribution in [2.45, 2.75) is 26.3 Å². The van der Waals surface area contributed by atoms with Crippen LogP contribution in [0.4, 0.5) is 0 Å². The van der Waals surface area contributed by atoms with Crippen molar-refractivity contribution >= 4 is 11.1 Å². The third-order valence-electron chi connectivity index (χ3n) is 2.10. The van der Waals surface area contributed by atoms with Crippen LogP contribution >= 0.6 is 0 Å². The van der Waals surface area contributed by atoms with Crippen molar-refractivity contribution in [1.29, 1.82) is 0 Å². The highest BCUT2D eigenvalue weighted by molar-refractivity contribution is 7.78. The van der Waals surface area contributed by atoms with Crippen LogP contribution in [0.15, 0.2) is 0 Å². The lowest BCUT2D eigenvalue weighted by molar-refractivity contribution is 0.237. The third-order valence-corrected chi connectivity index (χ3v) is 2.10. The molecule has 0 bridgehead atoms. The number of hydrogen-bond donors (Lipinski definition) is 1. The molecule has 1 atom stereocenters. The van der Waals surface area contributed by atoms with Gasteiger partial charge in [-0.1, -0.05) is 11.1 Å². The molecule has 0 aromatic heterocycles. The lowest BCUT2D eigenvalue weighted by Crippen LogP contribution is -2.33. The average molecular weight is 221 g/mol. The highest BCUT2D eigenvalue weighted by Gasteiger charge is 2.10. The van der Waals surface area contributed by atoms with Gasteiger partial charge in [0.05, 0.1) is 0 Å². The molecule has 1 heterocycles. The topological polar surface area (TPSA) is 55.4 Å². The molecule has 0 radical (unpaired) electrons. The molecule has 86 valence electrons. The zero-order valence-corrected chi connectivity index (χ0v) is 10.1. The Morgan fingerprint density at radius 2 is 1.93 bits per heavy atom. The summed E-state index contributed by atoms with van der Waals surface area (Å²) in [5.74, 6) is 0. The fourth-order valence-corrected chi connectivity index (χ4v) is 1.38. The molecule has 0 aromatic carbocycles. The summed E-state index contributed by atoms with van der Waals surface area (Å²) in [4.78, 5) is 2.53. The van der Waals surface area contributed by atoms with E-state index in [1.54, 1.807) is 0 Å². The first-order valence-electron chi connectivity index (χ1n) is 4.99. The van der Waals surface area contributed by atoms with Gasteiger partial charge >= 0.3 is 0 Å². The second kappa shape index (κ2) is 8.35. The van der Waals surface area contributed by atoms with Gasteiger partial charge < -0.3 is 9.87 Å². The molecule has 1 N–H and O–H groups in total. The van der Waals surface area contributed by atoms with Crippen molar-refractivity contribution in [3.8, 4) is 0 Å². The summed E-state index contributed by atoms with van der Waals surface area (Å²) in [5.41, 5.74) is 0. The minimum absolute atomic E-state index is 0.722. The van der Waals surface area contributed by atoms with E-state index in [4.69, 9.17) is 8.76 Å². The molecule has 0 aromatic rings. The van der Waals surface area contributed by atoms with Crippen LogP contribution in [0.5, 0.6) is 0 Å². The quantitative estimate of drug-likeness (QED) is 0.642. The molecular weight excluding hydrogens is 200 g/mol. The van der Waals surface area contributed by atoms with E-state index in [9.17, 15) is 0 Å². The summed E-state index contributed by atoms with van der Waals surface area (Å²) in [6.45, 7) is 9.39. The van der Waals surface area contributed by atoms with Gasteiger partial charge in [-0.15, -0.1) is 0 Å². The molecule has 1 fully saturated rings. The fraction of sp³-hybridized carbons (Fsp3) is 1.00. The molecule has 1 aliphatic heterocycles. The summed E-state index contributed by atoms with van der Waals surface area (Å²) in [6.07, 6.45) is 2.39. The second-order valence-corrected chi connectivity index (χ2v) is 4.44. The van der Waals surface area contributed by atoms with Gasteiger partial charge in [0.1, 0.15) is 0 Å². The summed E-state index contributed by atoms with van der Waals surface area (Å²) >= 11 is -1.86. The van der Waals surface area contributed by atoms with Gasteiger partial charge in [0.25, 0.3) is 0 Å². The molecule has 1 unspecified atom stereocenters. The summed E-state index contributed by atoms with van der Waals surface area (Å²) < 4.78 is 18.0. The minimum Gasteiger partial charge on any atom is -0.773 e. The zero-order valence-electron chi connectivity index (χ0n) is 9.28. The van der Waals surface area contributed by atoms with Crippen LogP contribution in [0.3, 0.4) is 0 Å². The lowest BCUT2D eigenvalue weighted by Gasteiger charge is -2.23. The summed E-state index contributed by atoms with van der Waals surface area (Å²) in [5, 5.41) is 3.39. The number of nitrogens with zero attached hydrogens (tertiary/aromatic N) is 1. The van der Waals surface area contributed by atoms with E-state index in [0.29, 0.717) is 0 Å². The van der Waals surface area contributed by atoms with E-state index in [1.165, 1.54) is 26.1 Å². The first kappa shape index (κ1) is 14.0. The monoisotopic (exact) mass is 221 g/mol. The van der Waals surface area contributed by atoms with E-state index >= 15 is 0 Å². The normalized spacial score (nSPS) is 20.9. The Balaban J connectivity index is 0.000000364. The predicted molar refractivity (Wildman–Crippen MR) is 59.0 cm³/mol. The molecule has 0 amide bonds. The second-order valence-electron chi connectivity index (χ2n) is 3.63. The molecule has 1 saturated heterocycles. The Kier molecular flexibility index (Phi) is 8.37. The van der Waals surface area contributed by atoms with Crippen LogP contribution in [0.2, 0.25) is 0 Å². The van der Waals surface area contributed by atoms with E-state index in [0.717, 1.165) is 18.8 Å². The Morgan fingerprint density at radius 3 is 2.43 bits per heavy atom. The van der Waals surface area contributed by atoms with Crippen molar-refractivity contribution in [1.82, 2.24) is 10.2 Å². The summed E-state index contributed by atoms with van der Waals surface area (Å²) in [7, 11) is 0. The molecule has 1 aliphatic rings. The van der Waals surface area contributed by atoms with Gasteiger partial charge in [-0.2, -0.15) is 0 Å². The maximum absolute atomic E-state index is 9.00. The van der Waals surface area contributed by atoms with Gasteiger partial charge in [0, 0.05) is 19.1 Å². The smallest absolute Gasteiger partial charge is 0.0110 e. The van der Waals surface area contributed by atoms with E-state index in [2.05, 4.69) is 24.1 Å². The van der Waals surface area contributed by atoms with Crippen LogP contribution < -0.4 is 5.32 Å². The predicted octanol–water partition coefficient (Wildman–Crippen LogP) is 0.185. The van der Waals surface area contributed by atoms with Gasteiger partial charge in [-0.25, -0.2) is 0 Å². The largest absolute Gasteiger partial charge is 0.773 e. The maximum atomic E-state index is 9.00. The highest BCUT2D eigenvalue weighted by atomic mass is 32.2. The van der Waals surface area contributed by atoms with Crippen molar-refractivity contribution in [3.63, 3.8) is 0 Å². The van der Waals surface area contributed by atoms with Crippen LogP contribution in [0, 0.1) is 0 Å². The van der Waals surface area contributed by atoms with Crippen LogP contribution in [0.25, 0.3) is 0 Å². The van der Waals surface area contributed by atoms with Crippen molar-refractivity contribution in [3.05, 3.63) is 0 Å². The maximum Gasteiger partial charge on any atom is 0.0110 e.